The molecule has 0 aromatic rings. The molecule has 1 atom stereocenters. The van der Waals surface area contributed by atoms with Gasteiger partial charge in [0, 0.05) is 32.0 Å². The van der Waals surface area contributed by atoms with E-state index in [9.17, 15) is 9.59 Å². The predicted molar refractivity (Wildman–Crippen MR) is 237 cm³/mol. The summed E-state index contributed by atoms with van der Waals surface area (Å²) < 4.78 is 0. The van der Waals surface area contributed by atoms with Crippen LogP contribution in [0.2, 0.25) is 0 Å². The first-order valence-electron chi connectivity index (χ1n) is 21.0. The molecular weight excluding hydrogens is 661 g/mol. The fourth-order valence-electron chi connectivity index (χ4n) is 5.71. The van der Waals surface area contributed by atoms with Crippen molar-refractivity contribution >= 4 is 11.8 Å². The van der Waals surface area contributed by atoms with Crippen molar-refractivity contribution in [2.75, 3.05) is 13.1 Å². The number of hydrogen-bond donors (Lipinski definition) is 1. The number of nitrogens with zero attached hydrogens (tertiary/aromatic N) is 1. The Hall–Kier alpha value is -4.18. The van der Waals surface area contributed by atoms with Gasteiger partial charge in [-0.15, -0.1) is 0 Å². The lowest BCUT2D eigenvalue weighted by atomic mass is 10.0. The average molecular weight is 735 g/mol. The Kier molecular flexibility index (Phi) is 34.1. The van der Waals surface area contributed by atoms with Gasteiger partial charge in [0.25, 0.3) is 0 Å². The number of nitrogens with one attached hydrogen (secondary N) is 1. The van der Waals surface area contributed by atoms with Gasteiger partial charge in [0.1, 0.15) is 0 Å². The van der Waals surface area contributed by atoms with Gasteiger partial charge in [0.05, 0.1) is 0 Å². The van der Waals surface area contributed by atoms with Crippen LogP contribution < -0.4 is 5.32 Å². The minimum absolute atomic E-state index is 0.0606. The molecule has 4 heteroatoms. The van der Waals surface area contributed by atoms with Crippen molar-refractivity contribution in [3.8, 4) is 0 Å². The molecule has 0 aliphatic carbocycles. The van der Waals surface area contributed by atoms with Crippen molar-refractivity contribution in [3.63, 3.8) is 0 Å². The molecule has 1 unspecified atom stereocenters. The first-order chi connectivity index (χ1) is 26.7. The third kappa shape index (κ3) is 31.4. The molecule has 2 amide bonds. The van der Waals surface area contributed by atoms with Gasteiger partial charge < -0.3 is 10.2 Å². The Labute approximate surface area is 331 Å². The predicted octanol–water partition coefficient (Wildman–Crippen LogP) is 13.4. The monoisotopic (exact) mass is 735 g/mol. The molecule has 1 heterocycles. The molecule has 0 bridgehead atoms. The Balaban J connectivity index is 2.13. The number of amides is 2. The first kappa shape index (κ1) is 47.8. The summed E-state index contributed by atoms with van der Waals surface area (Å²) >= 11 is 0. The summed E-state index contributed by atoms with van der Waals surface area (Å²) in [4.78, 5) is 27.5. The molecule has 1 rings (SSSR count). The van der Waals surface area contributed by atoms with Crippen LogP contribution in [0.3, 0.4) is 0 Å². The third-order valence-corrected chi connectivity index (χ3v) is 8.74. The van der Waals surface area contributed by atoms with Crippen molar-refractivity contribution < 1.29 is 9.59 Å². The van der Waals surface area contributed by atoms with E-state index in [2.05, 4.69) is 165 Å². The minimum atomic E-state index is 0.0606. The maximum absolute atomic E-state index is 13.0. The quantitative estimate of drug-likeness (QED) is 0.0747. The van der Waals surface area contributed by atoms with Crippen molar-refractivity contribution in [2.24, 2.45) is 0 Å². The van der Waals surface area contributed by atoms with Crippen molar-refractivity contribution in [1.82, 2.24) is 10.2 Å². The second-order valence-electron chi connectivity index (χ2n) is 13.4. The molecule has 0 spiro atoms. The highest BCUT2D eigenvalue weighted by atomic mass is 16.2. The van der Waals surface area contributed by atoms with Gasteiger partial charge in [-0.1, -0.05) is 160 Å². The largest absolute Gasteiger partial charge is 0.354 e. The van der Waals surface area contributed by atoms with E-state index in [0.717, 1.165) is 116 Å². The summed E-state index contributed by atoms with van der Waals surface area (Å²) in [5, 5.41) is 3.09. The van der Waals surface area contributed by atoms with Gasteiger partial charge >= 0.3 is 0 Å². The zero-order valence-corrected chi connectivity index (χ0v) is 34.0. The highest BCUT2D eigenvalue weighted by molar-refractivity contribution is 5.78. The van der Waals surface area contributed by atoms with Crippen LogP contribution in [0, 0.1) is 0 Å². The molecule has 296 valence electrons. The number of carbonyl (C=O) groups excluding carboxylic acids is 2. The number of piperidine rings is 1. The van der Waals surface area contributed by atoms with Gasteiger partial charge in [-0.25, -0.2) is 0 Å². The van der Waals surface area contributed by atoms with Crippen molar-refractivity contribution in [1.29, 1.82) is 0 Å². The fourth-order valence-corrected chi connectivity index (χ4v) is 5.71. The number of hydrogen-bond acceptors (Lipinski definition) is 2. The molecule has 0 aromatic heterocycles. The molecular formula is C50H74N2O2. The summed E-state index contributed by atoms with van der Waals surface area (Å²) in [6.07, 6.45) is 70.0. The van der Waals surface area contributed by atoms with Crippen LogP contribution in [0.4, 0.5) is 0 Å². The van der Waals surface area contributed by atoms with Crippen LogP contribution in [0.1, 0.15) is 136 Å². The number of allylic oxidation sites excluding steroid dienone is 24. The standard InChI is InChI=1S/C50H74N2O2/c1-3-5-7-9-11-13-15-17-19-21-23-25-27-29-31-33-35-37-39-44-49(53)51-47-48-43-41-42-46-52(48)50(54)45-40-38-36-34-32-30-28-26-24-22-20-18-16-14-12-10-8-6-4-2/h5-8,11-14,17-20,23-26,29-32,35-38,48H,3-4,9-10,15-16,21-22,27-28,33-34,39-47H2,1-2H3,(H,51,53)/b7-5-,8-6-,13-11-,14-12-,19-17-,20-18-,25-23-,26-24-,31-29-,32-30-,37-35-,38-36-. The van der Waals surface area contributed by atoms with Crippen LogP contribution >= 0.6 is 0 Å². The zero-order valence-electron chi connectivity index (χ0n) is 34.0. The van der Waals surface area contributed by atoms with Crippen molar-refractivity contribution in [3.05, 3.63) is 146 Å². The maximum atomic E-state index is 13.0. The molecule has 1 aliphatic heterocycles. The van der Waals surface area contributed by atoms with Crippen molar-refractivity contribution in [2.45, 2.75) is 142 Å². The molecule has 1 fully saturated rings. The van der Waals surface area contributed by atoms with Crippen LogP contribution in [0.25, 0.3) is 0 Å². The van der Waals surface area contributed by atoms with E-state index in [0.29, 0.717) is 19.4 Å². The second-order valence-corrected chi connectivity index (χ2v) is 13.4. The maximum Gasteiger partial charge on any atom is 0.223 e. The van der Waals surface area contributed by atoms with E-state index >= 15 is 0 Å². The Morgan fingerprint density at radius 2 is 0.796 bits per heavy atom. The summed E-state index contributed by atoms with van der Waals surface area (Å²) in [6, 6.07) is 0.103. The normalized spacial score (nSPS) is 16.3. The Bertz CT molecular complexity index is 1300. The fraction of sp³-hybridized carbons (Fsp3) is 0.480. The molecule has 54 heavy (non-hydrogen) atoms. The molecule has 1 saturated heterocycles. The van der Waals surface area contributed by atoms with Gasteiger partial charge in [-0.2, -0.15) is 0 Å². The molecule has 1 aliphatic rings. The highest BCUT2D eigenvalue weighted by Crippen LogP contribution is 2.18. The molecule has 0 radical (unpaired) electrons. The van der Waals surface area contributed by atoms with Gasteiger partial charge in [-0.05, 0) is 109 Å². The van der Waals surface area contributed by atoms with E-state index < -0.39 is 0 Å². The van der Waals surface area contributed by atoms with E-state index in [-0.39, 0.29) is 17.9 Å². The van der Waals surface area contributed by atoms with E-state index in [1.54, 1.807) is 0 Å². The number of carbonyl (C=O) groups is 2. The lowest BCUT2D eigenvalue weighted by Crippen LogP contribution is -2.49. The minimum Gasteiger partial charge on any atom is -0.354 e. The summed E-state index contributed by atoms with van der Waals surface area (Å²) in [5.41, 5.74) is 0. The summed E-state index contributed by atoms with van der Waals surface area (Å²) in [5.74, 6) is 0.261. The molecule has 4 nitrogen and oxygen atoms in total. The van der Waals surface area contributed by atoms with Crippen LogP contribution in [0.15, 0.2) is 146 Å². The average Bonchev–Trinajstić information content (AvgIpc) is 3.18. The van der Waals surface area contributed by atoms with Crippen LogP contribution in [-0.4, -0.2) is 35.8 Å². The van der Waals surface area contributed by atoms with E-state index in [1.165, 1.54) is 0 Å². The molecule has 1 N–H and O–H groups in total. The summed E-state index contributed by atoms with van der Waals surface area (Å²) in [7, 11) is 0. The van der Waals surface area contributed by atoms with E-state index in [4.69, 9.17) is 0 Å². The lowest BCUT2D eigenvalue weighted by molar-refractivity contribution is -0.135. The second kappa shape index (κ2) is 38.5. The zero-order chi connectivity index (χ0) is 38.8. The Morgan fingerprint density at radius 1 is 0.463 bits per heavy atom. The highest BCUT2D eigenvalue weighted by Gasteiger charge is 2.26. The first-order valence-corrected chi connectivity index (χ1v) is 21.0. The van der Waals surface area contributed by atoms with Gasteiger partial charge in [0.15, 0.2) is 0 Å². The summed E-state index contributed by atoms with van der Waals surface area (Å²) in [6.45, 7) is 5.66. The SMILES string of the molecule is CC/C=C\C/C=C\C/C=C\C/C=C\C/C=C\C/C=C\CCC(=O)NCC1CCCCN1C(=O)CC/C=C\C/C=C\C/C=C\C/C=C\C/C=C\C/C=C\CC. The van der Waals surface area contributed by atoms with E-state index in [1.807, 2.05) is 4.90 Å². The number of rotatable bonds is 30. The smallest absolute Gasteiger partial charge is 0.223 e. The molecule has 0 saturated carbocycles. The van der Waals surface area contributed by atoms with Gasteiger partial charge in [-0.3, -0.25) is 9.59 Å². The van der Waals surface area contributed by atoms with Crippen LogP contribution in [0.5, 0.6) is 0 Å². The Morgan fingerprint density at radius 3 is 1.17 bits per heavy atom. The third-order valence-electron chi connectivity index (χ3n) is 8.74. The van der Waals surface area contributed by atoms with Crippen LogP contribution in [-0.2, 0) is 9.59 Å². The lowest BCUT2D eigenvalue weighted by Gasteiger charge is -2.36. The molecule has 0 aromatic carbocycles. The number of likely N-dealkylation sites (tertiary alicyclic amines) is 1. The topological polar surface area (TPSA) is 49.4 Å². The van der Waals surface area contributed by atoms with Gasteiger partial charge in [0.2, 0.25) is 11.8 Å².